The maximum absolute atomic E-state index is 12.7. The number of benzene rings is 1. The first-order valence-corrected chi connectivity index (χ1v) is 9.20. The zero-order valence-electron chi connectivity index (χ0n) is 16.1. The van der Waals surface area contributed by atoms with Crippen molar-refractivity contribution >= 4 is 17.5 Å². The van der Waals surface area contributed by atoms with Crippen LogP contribution in [0.15, 0.2) is 53.7 Å². The lowest BCUT2D eigenvalue weighted by Gasteiger charge is -2.12. The Morgan fingerprint density at radius 1 is 1.10 bits per heavy atom. The molecule has 9 nitrogen and oxygen atoms in total. The molecule has 0 saturated carbocycles. The number of hydrogen-bond donors (Lipinski definition) is 3. The Morgan fingerprint density at radius 2 is 1.90 bits per heavy atom. The molecular formula is C20H23N7O2. The molecule has 0 bridgehead atoms. The number of nitrogens with one attached hydrogen (secondary N) is 2. The summed E-state index contributed by atoms with van der Waals surface area (Å²) >= 11 is 0. The number of aromatic nitrogens is 4. The molecule has 0 spiro atoms. The summed E-state index contributed by atoms with van der Waals surface area (Å²) in [6.45, 7) is 2.40. The smallest absolute Gasteiger partial charge is 0.293 e. The van der Waals surface area contributed by atoms with Gasteiger partial charge in [0, 0.05) is 18.4 Å². The van der Waals surface area contributed by atoms with E-state index in [1.807, 2.05) is 30.3 Å². The second-order valence-electron chi connectivity index (χ2n) is 6.51. The monoisotopic (exact) mass is 393 g/mol. The van der Waals surface area contributed by atoms with Gasteiger partial charge in [-0.1, -0.05) is 30.3 Å². The minimum atomic E-state index is -0.333. The number of carbonyl (C=O) groups is 1. The zero-order valence-corrected chi connectivity index (χ0v) is 16.1. The fourth-order valence-electron chi connectivity index (χ4n) is 2.70. The van der Waals surface area contributed by atoms with E-state index in [1.54, 1.807) is 13.1 Å². The molecule has 0 aliphatic carbocycles. The van der Waals surface area contributed by atoms with Crippen LogP contribution in [-0.2, 0) is 24.3 Å². The minimum Gasteiger partial charge on any atom is -0.382 e. The molecule has 0 aliphatic heterocycles. The van der Waals surface area contributed by atoms with Crippen molar-refractivity contribution in [3.63, 3.8) is 0 Å². The van der Waals surface area contributed by atoms with Crippen molar-refractivity contribution in [1.82, 2.24) is 24.8 Å². The van der Waals surface area contributed by atoms with Crippen LogP contribution >= 0.6 is 0 Å². The van der Waals surface area contributed by atoms with E-state index in [1.165, 1.54) is 17.0 Å². The number of rotatable bonds is 8. The van der Waals surface area contributed by atoms with E-state index in [2.05, 4.69) is 25.6 Å². The molecule has 2 heterocycles. The first kappa shape index (κ1) is 20.0. The van der Waals surface area contributed by atoms with E-state index < -0.39 is 0 Å². The number of anilines is 2. The lowest BCUT2D eigenvalue weighted by atomic mass is 10.1. The summed E-state index contributed by atoms with van der Waals surface area (Å²) in [6.07, 6.45) is 5.25. The minimum absolute atomic E-state index is 0.108. The van der Waals surface area contributed by atoms with E-state index >= 15 is 0 Å². The van der Waals surface area contributed by atoms with Crippen LogP contribution in [0.3, 0.4) is 0 Å². The number of nitrogens with zero attached hydrogens (tertiary/aromatic N) is 4. The van der Waals surface area contributed by atoms with Crippen molar-refractivity contribution in [2.45, 2.75) is 26.4 Å². The second kappa shape index (κ2) is 9.45. The van der Waals surface area contributed by atoms with Crippen LogP contribution in [0.25, 0.3) is 0 Å². The number of carbonyl (C=O) groups excluding carboxylic acids is 1. The molecule has 0 aliphatic rings. The lowest BCUT2D eigenvalue weighted by Crippen LogP contribution is -2.34. The van der Waals surface area contributed by atoms with Crippen LogP contribution in [0.4, 0.5) is 11.6 Å². The highest BCUT2D eigenvalue weighted by atomic mass is 16.2. The molecule has 150 valence electrons. The van der Waals surface area contributed by atoms with Gasteiger partial charge >= 0.3 is 0 Å². The largest absolute Gasteiger partial charge is 0.382 e. The molecule has 29 heavy (non-hydrogen) atoms. The van der Waals surface area contributed by atoms with Gasteiger partial charge in [0.1, 0.15) is 12.4 Å². The Kier molecular flexibility index (Phi) is 6.51. The third kappa shape index (κ3) is 5.61. The van der Waals surface area contributed by atoms with Crippen molar-refractivity contribution in [2.24, 2.45) is 0 Å². The molecule has 0 saturated heterocycles. The summed E-state index contributed by atoms with van der Waals surface area (Å²) in [7, 11) is 0. The Labute approximate surface area is 168 Å². The Balaban J connectivity index is 1.59. The molecule has 1 amide bonds. The molecule has 0 unspecified atom stereocenters. The van der Waals surface area contributed by atoms with Crippen LogP contribution in [0.1, 0.15) is 17.0 Å². The predicted molar refractivity (Wildman–Crippen MR) is 110 cm³/mol. The predicted octanol–water partition coefficient (Wildman–Crippen LogP) is 0.895. The zero-order chi connectivity index (χ0) is 20.6. The van der Waals surface area contributed by atoms with Gasteiger partial charge in [-0.15, -0.1) is 0 Å². The quantitative estimate of drug-likeness (QED) is 0.519. The van der Waals surface area contributed by atoms with E-state index in [0.717, 1.165) is 12.0 Å². The maximum atomic E-state index is 12.7. The van der Waals surface area contributed by atoms with Crippen LogP contribution in [-0.4, -0.2) is 32.0 Å². The number of hydrogen-bond acceptors (Lipinski definition) is 7. The molecule has 3 rings (SSSR count). The lowest BCUT2D eigenvalue weighted by molar-refractivity contribution is -0.121. The third-order valence-electron chi connectivity index (χ3n) is 4.30. The summed E-state index contributed by atoms with van der Waals surface area (Å²) in [5.41, 5.74) is 7.50. The van der Waals surface area contributed by atoms with E-state index in [0.29, 0.717) is 23.8 Å². The average molecular weight is 393 g/mol. The highest BCUT2D eigenvalue weighted by Crippen LogP contribution is 2.02. The van der Waals surface area contributed by atoms with Crippen LogP contribution < -0.4 is 21.9 Å². The second-order valence-corrected chi connectivity index (χ2v) is 6.51. The van der Waals surface area contributed by atoms with Gasteiger partial charge in [-0.25, -0.2) is 9.97 Å². The van der Waals surface area contributed by atoms with Gasteiger partial charge in [0.05, 0.1) is 24.6 Å². The number of nitrogen functional groups attached to an aromatic ring is 1. The Bertz CT molecular complexity index is 1020. The molecule has 9 heteroatoms. The first-order valence-electron chi connectivity index (χ1n) is 9.20. The normalized spacial score (nSPS) is 10.5. The van der Waals surface area contributed by atoms with E-state index in [-0.39, 0.29) is 30.4 Å². The van der Waals surface area contributed by atoms with Gasteiger partial charge in [-0.3, -0.25) is 19.1 Å². The van der Waals surface area contributed by atoms with Crippen molar-refractivity contribution in [2.75, 3.05) is 17.6 Å². The molecular weight excluding hydrogens is 370 g/mol. The fraction of sp³-hybridized carbons (Fsp3) is 0.250. The van der Waals surface area contributed by atoms with Gasteiger partial charge < -0.3 is 16.4 Å². The van der Waals surface area contributed by atoms with Crippen LogP contribution in [0.2, 0.25) is 0 Å². The highest BCUT2D eigenvalue weighted by molar-refractivity contribution is 5.75. The van der Waals surface area contributed by atoms with Gasteiger partial charge in [0.2, 0.25) is 5.91 Å². The van der Waals surface area contributed by atoms with Gasteiger partial charge in [-0.2, -0.15) is 0 Å². The van der Waals surface area contributed by atoms with Gasteiger partial charge in [-0.05, 0) is 18.9 Å². The number of aryl methyl sites for hydroxylation is 1. The summed E-state index contributed by atoms with van der Waals surface area (Å²) in [6, 6.07) is 9.96. The Morgan fingerprint density at radius 3 is 2.62 bits per heavy atom. The summed E-state index contributed by atoms with van der Waals surface area (Å²) in [5.74, 6) is 0.227. The number of amides is 1. The van der Waals surface area contributed by atoms with Crippen molar-refractivity contribution in [3.8, 4) is 0 Å². The van der Waals surface area contributed by atoms with Crippen molar-refractivity contribution in [1.29, 1.82) is 0 Å². The average Bonchev–Trinajstić information content (AvgIpc) is 2.73. The van der Waals surface area contributed by atoms with Crippen LogP contribution in [0.5, 0.6) is 0 Å². The van der Waals surface area contributed by atoms with Crippen molar-refractivity contribution in [3.05, 3.63) is 76.2 Å². The molecule has 1 aromatic carbocycles. The standard InChI is InChI=1S/C20H23N7O2/c1-14-9-26-19(22-8-7-15-5-3-2-4-6-15)20(29)27(14)13-18(28)25-11-16-10-24-17(21)12-23-16/h2-6,9-10,12H,7-8,11,13H2,1H3,(H2,21,24)(H,22,26)(H,25,28). The SMILES string of the molecule is Cc1cnc(NCCc2ccccc2)c(=O)n1CC(=O)NCc1cnc(N)cn1. The van der Waals surface area contributed by atoms with E-state index in [4.69, 9.17) is 5.73 Å². The van der Waals surface area contributed by atoms with Gasteiger partial charge in [0.25, 0.3) is 5.56 Å². The van der Waals surface area contributed by atoms with E-state index in [9.17, 15) is 9.59 Å². The number of nitrogens with two attached hydrogens (primary N) is 1. The highest BCUT2D eigenvalue weighted by Gasteiger charge is 2.11. The van der Waals surface area contributed by atoms with Gasteiger partial charge in [0.15, 0.2) is 5.82 Å². The first-order chi connectivity index (χ1) is 14.0. The fourth-order valence-corrected chi connectivity index (χ4v) is 2.70. The molecule has 3 aromatic rings. The topological polar surface area (TPSA) is 128 Å². The van der Waals surface area contributed by atoms with Crippen LogP contribution in [0, 0.1) is 6.92 Å². The summed E-state index contributed by atoms with van der Waals surface area (Å²) < 4.78 is 1.39. The summed E-state index contributed by atoms with van der Waals surface area (Å²) in [4.78, 5) is 37.2. The Hall–Kier alpha value is -3.75. The van der Waals surface area contributed by atoms with Crippen molar-refractivity contribution < 1.29 is 4.79 Å². The molecule has 0 radical (unpaired) electrons. The maximum Gasteiger partial charge on any atom is 0.293 e. The molecule has 0 atom stereocenters. The summed E-state index contributed by atoms with van der Waals surface area (Å²) in [5, 5.41) is 5.78. The molecule has 0 fully saturated rings. The third-order valence-corrected chi connectivity index (χ3v) is 4.30. The molecule has 4 N–H and O–H groups in total. The molecule has 2 aromatic heterocycles.